The Balaban J connectivity index is 1.91. The van der Waals surface area contributed by atoms with Gasteiger partial charge in [-0.05, 0) is 30.6 Å². The normalized spacial score (nSPS) is 27.7. The van der Waals surface area contributed by atoms with Gasteiger partial charge in [-0.1, -0.05) is 38.5 Å². The van der Waals surface area contributed by atoms with Crippen LogP contribution in [0.1, 0.15) is 44.9 Å². The van der Waals surface area contributed by atoms with Crippen molar-refractivity contribution in [1.82, 2.24) is 4.98 Å². The van der Waals surface area contributed by atoms with Crippen molar-refractivity contribution >= 4 is 16.5 Å². The molecule has 1 heterocycles. The van der Waals surface area contributed by atoms with E-state index in [2.05, 4.69) is 31.2 Å². The summed E-state index contributed by atoms with van der Waals surface area (Å²) in [4.78, 5) is 5.30. The highest BCUT2D eigenvalue weighted by molar-refractivity contribution is 7.15. The molecular weight excluding hydrogens is 258 g/mol. The smallest absolute Gasteiger partial charge is 0.197 e. The summed E-state index contributed by atoms with van der Waals surface area (Å²) in [5.74, 6) is 7.51. The third-order valence-electron chi connectivity index (χ3n) is 4.08. The summed E-state index contributed by atoms with van der Waals surface area (Å²) in [5.41, 5.74) is 2.57. The highest BCUT2D eigenvalue weighted by Crippen LogP contribution is 2.36. The summed E-state index contributed by atoms with van der Waals surface area (Å²) in [6.45, 7) is 7.59. The third kappa shape index (κ3) is 3.91. The summed E-state index contributed by atoms with van der Waals surface area (Å²) in [6.07, 6.45) is 6.05. The van der Waals surface area contributed by atoms with Crippen molar-refractivity contribution in [2.75, 3.05) is 5.43 Å². The van der Waals surface area contributed by atoms with Gasteiger partial charge >= 0.3 is 0 Å². The van der Waals surface area contributed by atoms with Gasteiger partial charge in [0.2, 0.25) is 0 Å². The van der Waals surface area contributed by atoms with E-state index in [1.54, 1.807) is 11.3 Å². The molecule has 1 aromatic rings. The molecule has 1 aliphatic rings. The molecule has 2 rings (SSSR count). The zero-order chi connectivity index (χ0) is 13.8. The first kappa shape index (κ1) is 14.8. The lowest BCUT2D eigenvalue weighted by Crippen LogP contribution is -2.34. The number of hydrazine groups is 1. The molecule has 1 aromatic heterocycles. The number of nitrogens with two attached hydrogens (primary N) is 1. The van der Waals surface area contributed by atoms with Gasteiger partial charge in [-0.15, -0.1) is 0 Å². The maximum absolute atomic E-state index is 6.17. The Kier molecular flexibility index (Phi) is 5.19. The Hall–Kier alpha value is -0.650. The molecule has 108 valence electrons. The van der Waals surface area contributed by atoms with Crippen LogP contribution in [-0.4, -0.2) is 11.1 Å². The van der Waals surface area contributed by atoms with Crippen LogP contribution >= 0.6 is 11.3 Å². The minimum atomic E-state index is 0.389. The molecule has 1 fully saturated rings. The average molecular weight is 283 g/mol. The van der Waals surface area contributed by atoms with E-state index >= 15 is 0 Å². The molecule has 0 aromatic carbocycles. The maximum atomic E-state index is 6.17. The van der Waals surface area contributed by atoms with Crippen molar-refractivity contribution in [3.63, 3.8) is 0 Å². The van der Waals surface area contributed by atoms with Gasteiger partial charge < -0.3 is 4.74 Å². The average Bonchev–Trinajstić information content (AvgIpc) is 2.84. The number of aromatic nitrogens is 1. The molecule has 3 N–H and O–H groups in total. The van der Waals surface area contributed by atoms with E-state index in [0.29, 0.717) is 24.5 Å². The van der Waals surface area contributed by atoms with Gasteiger partial charge in [0, 0.05) is 6.20 Å². The van der Waals surface area contributed by atoms with Crippen LogP contribution in [0.25, 0.3) is 0 Å². The first-order chi connectivity index (χ1) is 9.10. The topological polar surface area (TPSA) is 60.2 Å². The zero-order valence-electron chi connectivity index (χ0n) is 12.1. The molecule has 19 heavy (non-hydrogen) atoms. The summed E-state index contributed by atoms with van der Waals surface area (Å²) in [7, 11) is 0. The second-order valence-corrected chi connectivity index (χ2v) is 7.07. The number of nitrogens with one attached hydrogen (secondary N) is 1. The van der Waals surface area contributed by atoms with Gasteiger partial charge in [-0.25, -0.2) is 10.8 Å². The van der Waals surface area contributed by atoms with E-state index in [4.69, 9.17) is 10.6 Å². The van der Waals surface area contributed by atoms with E-state index in [0.717, 1.165) is 15.9 Å². The van der Waals surface area contributed by atoms with Crippen LogP contribution in [0.15, 0.2) is 6.20 Å². The quantitative estimate of drug-likeness (QED) is 0.642. The van der Waals surface area contributed by atoms with Gasteiger partial charge in [0.1, 0.15) is 0 Å². The number of thiazole rings is 1. The van der Waals surface area contributed by atoms with Crippen LogP contribution in [0.3, 0.4) is 0 Å². The summed E-state index contributed by atoms with van der Waals surface area (Å²) < 4.78 is 6.17. The Bertz CT molecular complexity index is 394. The molecule has 0 bridgehead atoms. The second kappa shape index (κ2) is 6.68. The molecule has 0 amide bonds. The fourth-order valence-electron chi connectivity index (χ4n) is 2.94. The number of rotatable bonds is 5. The van der Waals surface area contributed by atoms with Crippen LogP contribution in [0.5, 0.6) is 0 Å². The Morgan fingerprint density at radius 3 is 2.95 bits per heavy atom. The lowest BCUT2D eigenvalue weighted by Gasteiger charge is -2.37. The van der Waals surface area contributed by atoms with Crippen LogP contribution in [0.2, 0.25) is 0 Å². The molecule has 1 aliphatic carbocycles. The molecule has 5 heteroatoms. The third-order valence-corrected chi connectivity index (χ3v) is 4.98. The Labute approximate surface area is 119 Å². The van der Waals surface area contributed by atoms with Crippen molar-refractivity contribution < 1.29 is 4.74 Å². The number of ether oxygens (including phenoxy) is 1. The lowest BCUT2D eigenvalue weighted by atomic mass is 9.75. The molecule has 3 unspecified atom stereocenters. The molecule has 0 spiro atoms. The monoisotopic (exact) mass is 283 g/mol. The Morgan fingerprint density at radius 1 is 1.53 bits per heavy atom. The largest absolute Gasteiger partial charge is 0.372 e. The number of nitrogen functional groups attached to an aromatic ring is 1. The van der Waals surface area contributed by atoms with Gasteiger partial charge in [-0.2, -0.15) is 0 Å². The maximum Gasteiger partial charge on any atom is 0.197 e. The lowest BCUT2D eigenvalue weighted by molar-refractivity contribution is -0.0464. The summed E-state index contributed by atoms with van der Waals surface area (Å²) >= 11 is 1.56. The van der Waals surface area contributed by atoms with E-state index < -0.39 is 0 Å². The molecule has 3 atom stereocenters. The Morgan fingerprint density at radius 2 is 2.32 bits per heavy atom. The number of hydrogen-bond acceptors (Lipinski definition) is 5. The highest BCUT2D eigenvalue weighted by Gasteiger charge is 2.31. The minimum Gasteiger partial charge on any atom is -0.372 e. The van der Waals surface area contributed by atoms with Crippen LogP contribution in [0.4, 0.5) is 5.13 Å². The zero-order valence-corrected chi connectivity index (χ0v) is 12.9. The molecular formula is C14H25N3OS. The van der Waals surface area contributed by atoms with Gasteiger partial charge in [-0.3, -0.25) is 5.43 Å². The number of nitrogens with zero attached hydrogens (tertiary/aromatic N) is 1. The van der Waals surface area contributed by atoms with Crippen LogP contribution in [0, 0.1) is 17.8 Å². The van der Waals surface area contributed by atoms with Crippen molar-refractivity contribution in [2.24, 2.45) is 23.6 Å². The first-order valence-electron chi connectivity index (χ1n) is 7.13. The van der Waals surface area contributed by atoms with E-state index in [1.165, 1.54) is 19.3 Å². The predicted octanol–water partition coefficient (Wildman–Crippen LogP) is 3.41. The SMILES string of the molecule is CC1CCC(C(C)C)C(OCc2cnc(NN)s2)C1. The second-order valence-electron chi connectivity index (χ2n) is 5.95. The molecule has 0 aliphatic heterocycles. The molecule has 0 radical (unpaired) electrons. The van der Waals surface area contributed by atoms with Gasteiger partial charge in [0.15, 0.2) is 5.13 Å². The van der Waals surface area contributed by atoms with Gasteiger partial charge in [0.25, 0.3) is 0 Å². The fourth-order valence-corrected chi connectivity index (χ4v) is 3.58. The number of hydrogen-bond donors (Lipinski definition) is 2. The van der Waals surface area contributed by atoms with E-state index in [1.807, 2.05) is 6.20 Å². The molecule has 4 nitrogen and oxygen atoms in total. The van der Waals surface area contributed by atoms with Crippen LogP contribution in [-0.2, 0) is 11.3 Å². The summed E-state index contributed by atoms with van der Waals surface area (Å²) in [6, 6.07) is 0. The van der Waals surface area contributed by atoms with Gasteiger partial charge in [0.05, 0.1) is 17.6 Å². The van der Waals surface area contributed by atoms with E-state index in [-0.39, 0.29) is 0 Å². The van der Waals surface area contributed by atoms with Crippen molar-refractivity contribution in [3.8, 4) is 0 Å². The fraction of sp³-hybridized carbons (Fsp3) is 0.786. The van der Waals surface area contributed by atoms with Crippen LogP contribution < -0.4 is 11.3 Å². The van der Waals surface area contributed by atoms with Crippen molar-refractivity contribution in [1.29, 1.82) is 0 Å². The molecule has 0 saturated heterocycles. The van der Waals surface area contributed by atoms with E-state index in [9.17, 15) is 0 Å². The summed E-state index contributed by atoms with van der Waals surface area (Å²) in [5, 5.41) is 0.746. The first-order valence-corrected chi connectivity index (χ1v) is 7.94. The predicted molar refractivity (Wildman–Crippen MR) is 79.8 cm³/mol. The molecule has 1 saturated carbocycles. The van der Waals surface area contributed by atoms with Crippen molar-refractivity contribution in [3.05, 3.63) is 11.1 Å². The number of anilines is 1. The van der Waals surface area contributed by atoms with Crippen molar-refractivity contribution in [2.45, 2.75) is 52.7 Å². The minimum absolute atomic E-state index is 0.389. The standard InChI is InChI=1S/C14H25N3OS/c1-9(2)12-5-4-10(3)6-13(12)18-8-11-7-16-14(17-15)19-11/h7,9-10,12-13H,4-6,8,15H2,1-3H3,(H,16,17). The highest BCUT2D eigenvalue weighted by atomic mass is 32.1.